The summed E-state index contributed by atoms with van der Waals surface area (Å²) in [4.78, 5) is 28.3. The standard InChI is InChI=1S/C30H42N2O6Si/c1-9-14-37-30(35)31-25-17-28(38-39(19(2)3,20(4)5)21(6)7)27(36-8)16-24(25)29(34)32-23(18-33)15-22-12-10-11-13-26(22)32/h9-13,16-17,19-21,23,33H,1,14-15,18H2,2-8H3,(H,31,35)/t23-/m0/s1. The molecule has 0 radical (unpaired) electrons. The van der Waals surface area contributed by atoms with Gasteiger partial charge in [0.15, 0.2) is 5.75 Å². The molecular weight excluding hydrogens is 512 g/mol. The van der Waals surface area contributed by atoms with Crippen LogP contribution in [0.15, 0.2) is 49.1 Å². The van der Waals surface area contributed by atoms with Gasteiger partial charge in [-0.2, -0.15) is 0 Å². The van der Waals surface area contributed by atoms with Gasteiger partial charge in [-0.05, 0) is 40.7 Å². The van der Waals surface area contributed by atoms with Crippen LogP contribution in [-0.2, 0) is 11.2 Å². The molecule has 3 rings (SSSR count). The van der Waals surface area contributed by atoms with Gasteiger partial charge >= 0.3 is 6.09 Å². The predicted molar refractivity (Wildman–Crippen MR) is 158 cm³/mol. The third-order valence-electron chi connectivity index (χ3n) is 7.60. The van der Waals surface area contributed by atoms with E-state index in [1.165, 1.54) is 13.2 Å². The van der Waals surface area contributed by atoms with Crippen LogP contribution in [0, 0.1) is 0 Å². The summed E-state index contributed by atoms with van der Waals surface area (Å²) in [6, 6.07) is 10.4. The zero-order valence-electron chi connectivity index (χ0n) is 24.1. The number of methoxy groups -OCH3 is 1. The van der Waals surface area contributed by atoms with Crippen LogP contribution in [0.5, 0.6) is 11.5 Å². The number of aliphatic hydroxyl groups is 1. The van der Waals surface area contributed by atoms with Crippen molar-refractivity contribution in [3.8, 4) is 11.5 Å². The molecule has 1 aliphatic heterocycles. The monoisotopic (exact) mass is 554 g/mol. The third-order valence-corrected chi connectivity index (χ3v) is 13.6. The largest absolute Gasteiger partial charge is 0.540 e. The number of nitrogens with zero attached hydrogens (tertiary/aromatic N) is 1. The lowest BCUT2D eigenvalue weighted by atomic mass is 10.1. The van der Waals surface area contributed by atoms with Gasteiger partial charge in [0.05, 0.1) is 31.0 Å². The molecular formula is C30H42N2O6Si. The summed E-state index contributed by atoms with van der Waals surface area (Å²) >= 11 is 0. The molecule has 0 fully saturated rings. The molecule has 1 aliphatic rings. The van der Waals surface area contributed by atoms with Crippen molar-refractivity contribution in [3.63, 3.8) is 0 Å². The van der Waals surface area contributed by atoms with Crippen molar-refractivity contribution in [1.29, 1.82) is 0 Å². The second-order valence-electron chi connectivity index (χ2n) is 10.8. The molecule has 0 aliphatic carbocycles. The average Bonchev–Trinajstić information content (AvgIpc) is 3.28. The first kappa shape index (κ1) is 30.2. The van der Waals surface area contributed by atoms with Gasteiger partial charge in [0.2, 0.25) is 0 Å². The summed E-state index contributed by atoms with van der Waals surface area (Å²) in [6.07, 6.45) is 1.28. The highest BCUT2D eigenvalue weighted by Crippen LogP contribution is 2.46. The van der Waals surface area contributed by atoms with Crippen LogP contribution < -0.4 is 19.4 Å². The zero-order chi connectivity index (χ0) is 28.9. The van der Waals surface area contributed by atoms with Gasteiger partial charge < -0.3 is 23.9 Å². The van der Waals surface area contributed by atoms with Crippen molar-refractivity contribution >= 4 is 31.7 Å². The lowest BCUT2D eigenvalue weighted by molar-refractivity contribution is 0.0968. The molecule has 0 bridgehead atoms. The first-order chi connectivity index (χ1) is 18.5. The van der Waals surface area contributed by atoms with Gasteiger partial charge in [-0.3, -0.25) is 10.1 Å². The molecule has 2 N–H and O–H groups in total. The Bertz CT molecular complexity index is 1170. The number of hydrogen-bond acceptors (Lipinski definition) is 6. The van der Waals surface area contributed by atoms with E-state index in [0.29, 0.717) is 34.5 Å². The Balaban J connectivity index is 2.17. The molecule has 8 nitrogen and oxygen atoms in total. The number of ether oxygens (including phenoxy) is 2. The van der Waals surface area contributed by atoms with E-state index in [9.17, 15) is 14.7 Å². The number of carbonyl (C=O) groups excluding carboxylic acids is 2. The number of rotatable bonds is 11. The highest BCUT2D eigenvalue weighted by Gasteiger charge is 2.47. The summed E-state index contributed by atoms with van der Waals surface area (Å²) in [6.45, 7) is 16.5. The molecule has 39 heavy (non-hydrogen) atoms. The van der Waals surface area contributed by atoms with E-state index in [4.69, 9.17) is 13.9 Å². The van der Waals surface area contributed by atoms with Crippen LogP contribution in [0.25, 0.3) is 0 Å². The maximum absolute atomic E-state index is 14.1. The Morgan fingerprint density at radius 1 is 1.10 bits per heavy atom. The first-order valence-electron chi connectivity index (χ1n) is 13.5. The quantitative estimate of drug-likeness (QED) is 0.242. The van der Waals surface area contributed by atoms with E-state index < -0.39 is 20.5 Å². The zero-order valence-corrected chi connectivity index (χ0v) is 25.1. The van der Waals surface area contributed by atoms with Crippen molar-refractivity contribution in [2.24, 2.45) is 0 Å². The SMILES string of the molecule is C=CCOC(=O)Nc1cc(O[Si](C(C)C)(C(C)C)C(C)C)c(OC)cc1C(=O)N1c2ccccc2C[C@H]1CO. The van der Waals surface area contributed by atoms with Gasteiger partial charge in [-0.15, -0.1) is 0 Å². The van der Waals surface area contributed by atoms with Crippen molar-refractivity contribution in [2.45, 2.75) is 70.6 Å². The molecule has 0 saturated carbocycles. The second-order valence-corrected chi connectivity index (χ2v) is 16.2. The van der Waals surface area contributed by atoms with E-state index in [1.807, 2.05) is 24.3 Å². The molecule has 2 aromatic rings. The van der Waals surface area contributed by atoms with Crippen LogP contribution in [0.4, 0.5) is 16.2 Å². The maximum atomic E-state index is 14.1. The number of anilines is 2. The minimum atomic E-state index is -2.40. The van der Waals surface area contributed by atoms with E-state index in [1.54, 1.807) is 17.0 Å². The minimum Gasteiger partial charge on any atom is -0.540 e. The second kappa shape index (κ2) is 12.7. The van der Waals surface area contributed by atoms with Gasteiger partial charge in [-0.25, -0.2) is 4.79 Å². The van der Waals surface area contributed by atoms with E-state index >= 15 is 0 Å². The predicted octanol–water partition coefficient (Wildman–Crippen LogP) is 6.55. The summed E-state index contributed by atoms with van der Waals surface area (Å²) < 4.78 is 17.8. The van der Waals surface area contributed by atoms with Crippen molar-refractivity contribution in [1.82, 2.24) is 0 Å². The Labute approximate surface area is 233 Å². The Hall–Kier alpha value is -3.30. The number of fused-ring (bicyclic) bond motifs is 1. The Kier molecular flexibility index (Phi) is 9.85. The van der Waals surface area contributed by atoms with Gasteiger partial charge in [-0.1, -0.05) is 72.4 Å². The smallest absolute Gasteiger partial charge is 0.411 e. The fourth-order valence-corrected chi connectivity index (χ4v) is 11.2. The van der Waals surface area contributed by atoms with Crippen molar-refractivity contribution < 1.29 is 28.6 Å². The molecule has 2 aromatic carbocycles. The topological polar surface area (TPSA) is 97.3 Å². The average molecular weight is 555 g/mol. The van der Waals surface area contributed by atoms with Crippen LogP contribution in [0.2, 0.25) is 16.6 Å². The van der Waals surface area contributed by atoms with Crippen LogP contribution in [-0.4, -0.2) is 51.8 Å². The van der Waals surface area contributed by atoms with Gasteiger partial charge in [0.25, 0.3) is 14.2 Å². The maximum Gasteiger partial charge on any atom is 0.411 e. The summed E-state index contributed by atoms with van der Waals surface area (Å²) in [5.74, 6) is 0.495. The van der Waals surface area contributed by atoms with Crippen molar-refractivity contribution in [3.05, 3.63) is 60.2 Å². The highest BCUT2D eigenvalue weighted by atomic mass is 28.4. The molecule has 9 heteroatoms. The molecule has 2 amide bonds. The fraction of sp³-hybridized carbons (Fsp3) is 0.467. The molecule has 0 saturated heterocycles. The van der Waals surface area contributed by atoms with Gasteiger partial charge in [0, 0.05) is 11.8 Å². The van der Waals surface area contributed by atoms with Crippen LogP contribution in [0.1, 0.15) is 57.5 Å². The lowest BCUT2D eigenvalue weighted by Gasteiger charge is -2.42. The first-order valence-corrected chi connectivity index (χ1v) is 15.6. The molecule has 1 heterocycles. The number of nitrogens with one attached hydrogen (secondary N) is 1. The normalized spacial score (nSPS) is 14.9. The van der Waals surface area contributed by atoms with Crippen LogP contribution >= 0.6 is 0 Å². The fourth-order valence-electron chi connectivity index (χ4n) is 5.92. The summed E-state index contributed by atoms with van der Waals surface area (Å²) in [5.41, 5.74) is 3.03. The number of benzene rings is 2. The van der Waals surface area contributed by atoms with Crippen molar-refractivity contribution in [2.75, 3.05) is 30.5 Å². The van der Waals surface area contributed by atoms with E-state index in [2.05, 4.69) is 53.4 Å². The lowest BCUT2D eigenvalue weighted by Crippen LogP contribution is -2.50. The number of carbonyl (C=O) groups is 2. The number of hydrogen-bond donors (Lipinski definition) is 2. The molecule has 0 unspecified atom stereocenters. The molecule has 0 aromatic heterocycles. The van der Waals surface area contributed by atoms with E-state index in [0.717, 1.165) is 11.3 Å². The highest BCUT2D eigenvalue weighted by molar-refractivity contribution is 6.78. The Morgan fingerprint density at radius 3 is 2.31 bits per heavy atom. The molecule has 0 spiro atoms. The van der Waals surface area contributed by atoms with Gasteiger partial charge in [0.1, 0.15) is 12.4 Å². The number of aliphatic hydroxyl groups excluding tert-OH is 1. The van der Waals surface area contributed by atoms with E-state index in [-0.39, 0.29) is 30.4 Å². The Morgan fingerprint density at radius 2 is 1.74 bits per heavy atom. The van der Waals surface area contributed by atoms with Crippen LogP contribution in [0.3, 0.4) is 0 Å². The summed E-state index contributed by atoms with van der Waals surface area (Å²) in [7, 11) is -0.865. The minimum absolute atomic E-state index is 0.0186. The summed E-state index contributed by atoms with van der Waals surface area (Å²) in [5, 5.41) is 12.8. The number of amides is 2. The molecule has 212 valence electrons. The third kappa shape index (κ3) is 5.99. The molecule has 1 atom stereocenters. The number of para-hydroxylation sites is 1.